The molecule has 6 nitrogen and oxygen atoms in total. The molecule has 0 amide bonds. The molecule has 1 aromatic heterocycles. The molecule has 33 heavy (non-hydrogen) atoms. The van der Waals surface area contributed by atoms with Crippen LogP contribution in [-0.2, 0) is 4.79 Å². The molecule has 0 aliphatic carbocycles. The van der Waals surface area contributed by atoms with Crippen molar-refractivity contribution < 1.29 is 20.1 Å². The molecular formula is C27H30N2O4. The zero-order valence-electron chi connectivity index (χ0n) is 18.5. The first-order valence-corrected chi connectivity index (χ1v) is 11.3. The first-order valence-electron chi connectivity index (χ1n) is 11.3. The number of nitrogens with zero attached hydrogens (tertiary/aromatic N) is 2. The van der Waals surface area contributed by atoms with E-state index in [9.17, 15) is 9.90 Å². The Labute approximate surface area is 193 Å². The summed E-state index contributed by atoms with van der Waals surface area (Å²) in [4.78, 5) is 17.1. The average molecular weight is 447 g/mol. The fraction of sp³-hybridized carbons (Fsp3) is 0.333. The average Bonchev–Trinajstić information content (AvgIpc) is 2.88. The predicted octanol–water partition coefficient (Wildman–Crippen LogP) is 3.97. The zero-order chi connectivity index (χ0) is 23.4. The van der Waals surface area contributed by atoms with Crippen LogP contribution in [0.5, 0.6) is 0 Å². The van der Waals surface area contributed by atoms with Gasteiger partial charge in [-0.15, -0.1) is 6.58 Å². The van der Waals surface area contributed by atoms with E-state index in [-0.39, 0.29) is 6.04 Å². The van der Waals surface area contributed by atoms with Crippen LogP contribution in [0.15, 0.2) is 79.5 Å². The number of pyridine rings is 1. The summed E-state index contributed by atoms with van der Waals surface area (Å²) < 4.78 is 0. The molecule has 3 fully saturated rings. The van der Waals surface area contributed by atoms with Gasteiger partial charge in [0.1, 0.15) is 0 Å². The van der Waals surface area contributed by atoms with Crippen LogP contribution in [0.4, 0.5) is 0 Å². The Morgan fingerprint density at radius 2 is 1.82 bits per heavy atom. The normalized spacial score (nSPS) is 25.5. The highest BCUT2D eigenvalue weighted by Gasteiger charge is 2.42. The Hall–Kier alpha value is -3.06. The number of carbonyl (C=O) groups is 1. The largest absolute Gasteiger partial charge is 0.479 e. The third-order valence-corrected chi connectivity index (χ3v) is 6.87. The molecule has 4 heterocycles. The molecule has 172 valence electrons. The maximum Gasteiger partial charge on any atom is 0.337 e. The molecule has 2 aromatic carbocycles. The van der Waals surface area contributed by atoms with Crippen LogP contribution in [0.25, 0.3) is 10.9 Å². The highest BCUT2D eigenvalue weighted by atomic mass is 16.4. The molecule has 3 aliphatic heterocycles. The van der Waals surface area contributed by atoms with E-state index in [1.807, 2.05) is 30.5 Å². The summed E-state index contributed by atoms with van der Waals surface area (Å²) in [7, 11) is 0. The lowest BCUT2D eigenvalue weighted by molar-refractivity contribution is -0.146. The summed E-state index contributed by atoms with van der Waals surface area (Å²) in [6.07, 6.45) is 4.36. The lowest BCUT2D eigenvalue weighted by atomic mass is 9.73. The predicted molar refractivity (Wildman–Crippen MR) is 128 cm³/mol. The summed E-state index contributed by atoms with van der Waals surface area (Å²) in [5.74, 6) is 0.0397. The molecule has 6 heteroatoms. The second-order valence-electron chi connectivity index (χ2n) is 8.76. The number of carboxylic acids is 1. The number of fused-ring (bicyclic) bond motifs is 4. The van der Waals surface area contributed by atoms with Crippen LogP contribution in [-0.4, -0.2) is 50.3 Å². The highest BCUT2D eigenvalue weighted by Crippen LogP contribution is 2.41. The standard InChI is InChI=1S/C19H22N2O.C8H8O3/c1-2-13-12-21-10-8-14(13)11-18(21)19(22)16-7-9-20-17-6-4-3-5-15(16)17;9-7(8(10)11)6-4-2-1-3-5-6/h2-7,9,13-14,18-19,22H,1,8,10-12H2;1-5,7,9H,(H,10,11)/t13-,14-,18+,19-;/m0./s1. The minimum absolute atomic E-state index is 0.223. The van der Waals surface area contributed by atoms with Crippen molar-refractivity contribution in [3.8, 4) is 0 Å². The van der Waals surface area contributed by atoms with Gasteiger partial charge in [0.2, 0.25) is 0 Å². The van der Waals surface area contributed by atoms with Crippen molar-refractivity contribution in [3.05, 3.63) is 90.6 Å². The molecule has 6 atom stereocenters. The van der Waals surface area contributed by atoms with Crippen molar-refractivity contribution in [1.82, 2.24) is 9.88 Å². The number of aliphatic hydroxyl groups is 2. The molecular weight excluding hydrogens is 416 g/mol. The molecule has 3 N–H and O–H groups in total. The van der Waals surface area contributed by atoms with E-state index in [2.05, 4.69) is 28.6 Å². The number of aliphatic carboxylic acids is 1. The summed E-state index contributed by atoms with van der Waals surface area (Å²) in [6.45, 7) is 6.11. The van der Waals surface area contributed by atoms with Gasteiger partial charge < -0.3 is 15.3 Å². The highest BCUT2D eigenvalue weighted by molar-refractivity contribution is 5.82. The fourth-order valence-electron chi connectivity index (χ4n) is 5.07. The van der Waals surface area contributed by atoms with Gasteiger partial charge >= 0.3 is 5.97 Å². The van der Waals surface area contributed by atoms with Gasteiger partial charge in [0, 0.05) is 24.2 Å². The maximum absolute atomic E-state index is 11.0. The van der Waals surface area contributed by atoms with Gasteiger partial charge in [-0.2, -0.15) is 0 Å². The Balaban J connectivity index is 0.000000200. The van der Waals surface area contributed by atoms with Gasteiger partial charge in [-0.25, -0.2) is 4.79 Å². The van der Waals surface area contributed by atoms with Crippen molar-refractivity contribution in [1.29, 1.82) is 0 Å². The van der Waals surface area contributed by atoms with E-state index < -0.39 is 18.2 Å². The number of para-hydroxylation sites is 1. The van der Waals surface area contributed by atoms with E-state index in [0.29, 0.717) is 17.4 Å². The molecule has 2 bridgehead atoms. The van der Waals surface area contributed by atoms with Crippen LogP contribution >= 0.6 is 0 Å². The van der Waals surface area contributed by atoms with Crippen molar-refractivity contribution in [2.75, 3.05) is 13.1 Å². The molecule has 6 rings (SSSR count). The summed E-state index contributed by atoms with van der Waals surface area (Å²) in [5, 5.41) is 29.5. The number of rotatable bonds is 5. The lowest BCUT2D eigenvalue weighted by Gasteiger charge is -2.50. The van der Waals surface area contributed by atoms with Crippen molar-refractivity contribution in [2.45, 2.75) is 31.1 Å². The zero-order valence-corrected chi connectivity index (χ0v) is 18.5. The number of aromatic nitrogens is 1. The Morgan fingerprint density at radius 3 is 2.48 bits per heavy atom. The van der Waals surface area contributed by atoms with E-state index in [4.69, 9.17) is 10.2 Å². The van der Waals surface area contributed by atoms with Crippen molar-refractivity contribution in [3.63, 3.8) is 0 Å². The number of carboxylic acid groups (broad SMARTS) is 1. The third kappa shape index (κ3) is 4.98. The van der Waals surface area contributed by atoms with Gasteiger partial charge in [-0.05, 0) is 54.5 Å². The first kappa shape index (κ1) is 23.1. The van der Waals surface area contributed by atoms with E-state index in [1.54, 1.807) is 30.3 Å². The van der Waals surface area contributed by atoms with Crippen LogP contribution in [0.3, 0.4) is 0 Å². The summed E-state index contributed by atoms with van der Waals surface area (Å²) >= 11 is 0. The third-order valence-electron chi connectivity index (χ3n) is 6.87. The Bertz CT molecular complexity index is 1100. The molecule has 0 spiro atoms. The number of benzene rings is 2. The van der Waals surface area contributed by atoms with Crippen LogP contribution in [0, 0.1) is 11.8 Å². The number of hydrogen-bond acceptors (Lipinski definition) is 5. The molecule has 0 saturated carbocycles. The first-order chi connectivity index (χ1) is 16.0. The number of piperidine rings is 3. The van der Waals surface area contributed by atoms with Crippen molar-refractivity contribution in [2.24, 2.45) is 11.8 Å². The minimum Gasteiger partial charge on any atom is -0.479 e. The van der Waals surface area contributed by atoms with Gasteiger partial charge in [-0.3, -0.25) is 9.88 Å². The van der Waals surface area contributed by atoms with Gasteiger partial charge in [0.15, 0.2) is 6.10 Å². The van der Waals surface area contributed by atoms with Crippen LogP contribution in [0.1, 0.15) is 36.2 Å². The smallest absolute Gasteiger partial charge is 0.337 e. The van der Waals surface area contributed by atoms with Crippen LogP contribution in [0.2, 0.25) is 0 Å². The molecule has 3 saturated heterocycles. The van der Waals surface area contributed by atoms with Gasteiger partial charge in [0.25, 0.3) is 0 Å². The van der Waals surface area contributed by atoms with E-state index >= 15 is 0 Å². The molecule has 3 aliphatic rings. The summed E-state index contributed by atoms with van der Waals surface area (Å²) in [6, 6.07) is 18.5. The van der Waals surface area contributed by atoms with Crippen LogP contribution < -0.4 is 0 Å². The van der Waals surface area contributed by atoms with Gasteiger partial charge in [0.05, 0.1) is 11.6 Å². The van der Waals surface area contributed by atoms with Gasteiger partial charge in [-0.1, -0.05) is 54.6 Å². The fourth-order valence-corrected chi connectivity index (χ4v) is 5.07. The number of aliphatic hydroxyl groups excluding tert-OH is 2. The Kier molecular flexibility index (Phi) is 7.18. The quantitative estimate of drug-likeness (QED) is 0.514. The molecule has 3 aromatic rings. The monoisotopic (exact) mass is 446 g/mol. The van der Waals surface area contributed by atoms with Crippen molar-refractivity contribution >= 4 is 16.9 Å². The summed E-state index contributed by atoms with van der Waals surface area (Å²) in [5.41, 5.74) is 2.37. The molecule has 0 radical (unpaired) electrons. The Morgan fingerprint density at radius 1 is 1.09 bits per heavy atom. The second kappa shape index (κ2) is 10.3. The second-order valence-corrected chi connectivity index (χ2v) is 8.76. The SMILES string of the molecule is C=C[C@H]1CN2CC[C@H]1C[C@@H]2[C@@H](O)c1ccnc2ccccc12.O=C(O)C(O)c1ccccc1. The molecule has 2 unspecified atom stereocenters. The maximum atomic E-state index is 11.0. The van der Waals surface area contributed by atoms with E-state index in [1.165, 1.54) is 6.42 Å². The topological polar surface area (TPSA) is 93.9 Å². The minimum atomic E-state index is -1.41. The lowest BCUT2D eigenvalue weighted by Crippen LogP contribution is -2.54. The van der Waals surface area contributed by atoms with E-state index in [0.717, 1.165) is 36.0 Å². The number of hydrogen-bond donors (Lipinski definition) is 3.